The van der Waals surface area contributed by atoms with Crippen molar-refractivity contribution in [2.45, 2.75) is 109 Å². The quantitative estimate of drug-likeness (QED) is 0.392. The topological polar surface area (TPSA) is 107 Å². The van der Waals surface area contributed by atoms with Gasteiger partial charge < -0.3 is 15.3 Å². The zero-order chi connectivity index (χ0) is 26.2. The summed E-state index contributed by atoms with van der Waals surface area (Å²) in [4.78, 5) is 0. The lowest BCUT2D eigenvalue weighted by atomic mass is 9.60. The molecule has 4 N–H and O–H groups in total. The van der Waals surface area contributed by atoms with E-state index in [1.54, 1.807) is 0 Å². The summed E-state index contributed by atoms with van der Waals surface area (Å²) in [5.74, 6) is 1.86. The molecule has 0 radical (unpaired) electrons. The number of fused-ring (bicyclic) bond motifs is 1. The summed E-state index contributed by atoms with van der Waals surface area (Å²) >= 11 is 0. The van der Waals surface area contributed by atoms with Gasteiger partial charge in [0.15, 0.2) is 0 Å². The van der Waals surface area contributed by atoms with Crippen LogP contribution in [-0.2, 0) is 10.0 Å². The van der Waals surface area contributed by atoms with E-state index in [1.165, 1.54) is 31.3 Å². The number of aliphatic hydroxyl groups is 3. The third-order valence-electron chi connectivity index (χ3n) is 8.97. The van der Waals surface area contributed by atoms with Gasteiger partial charge in [0.05, 0.1) is 30.1 Å². The number of sulfonamides is 1. The number of hydrogen-bond donors (Lipinski definition) is 4. The van der Waals surface area contributed by atoms with Crippen LogP contribution in [0.3, 0.4) is 0 Å². The van der Waals surface area contributed by atoms with E-state index >= 15 is 0 Å². The van der Waals surface area contributed by atoms with Crippen molar-refractivity contribution in [1.29, 1.82) is 0 Å². The molecule has 0 aliphatic heterocycles. The monoisotopic (exact) mass is 509 g/mol. The highest BCUT2D eigenvalue weighted by atomic mass is 32.2. The van der Waals surface area contributed by atoms with E-state index in [9.17, 15) is 23.7 Å². The largest absolute Gasteiger partial charge is 0.391 e. The average molecular weight is 510 g/mol. The highest BCUT2D eigenvalue weighted by molar-refractivity contribution is 7.88. The van der Waals surface area contributed by atoms with Crippen molar-refractivity contribution in [1.82, 2.24) is 4.72 Å². The van der Waals surface area contributed by atoms with Crippen LogP contribution in [0.5, 0.6) is 0 Å². The summed E-state index contributed by atoms with van der Waals surface area (Å²) in [5.41, 5.74) is 2.39. The van der Waals surface area contributed by atoms with E-state index in [2.05, 4.69) is 31.2 Å². The standard InChI is InChI=1S/C28H47NO5S/c1-18(9-7-15-27(3,4)32)22-13-14-23-20(10-8-16-28(22,23)5)11-12-21-17-24(30)25(26(31)19(21)2)29-35(6,33)34/h11-12,18,22-26,29-32H,2,7-10,13-17H2,1,3-6H3/b20-11+,21-12-/t18-,22-,23+,24-,25+,26-,28-/m1/s1. The molecule has 0 saturated heterocycles. The second kappa shape index (κ2) is 10.8. The van der Waals surface area contributed by atoms with Crippen LogP contribution in [0.15, 0.2) is 35.5 Å². The zero-order valence-corrected chi connectivity index (χ0v) is 23.1. The maximum absolute atomic E-state index is 11.6. The molecule has 0 unspecified atom stereocenters. The van der Waals surface area contributed by atoms with E-state index < -0.39 is 33.9 Å². The van der Waals surface area contributed by atoms with Crippen LogP contribution in [0.1, 0.15) is 85.5 Å². The molecule has 7 atom stereocenters. The number of allylic oxidation sites excluding steroid dienone is 3. The zero-order valence-electron chi connectivity index (χ0n) is 22.3. The van der Waals surface area contributed by atoms with Gasteiger partial charge in [-0.05, 0) is 86.7 Å². The summed E-state index contributed by atoms with van der Waals surface area (Å²) in [6.07, 6.45) is 12.3. The van der Waals surface area contributed by atoms with E-state index in [-0.39, 0.29) is 11.8 Å². The van der Waals surface area contributed by atoms with Gasteiger partial charge in [0, 0.05) is 6.42 Å². The van der Waals surface area contributed by atoms with Crippen molar-refractivity contribution >= 4 is 10.0 Å². The summed E-state index contributed by atoms with van der Waals surface area (Å²) in [7, 11) is -3.56. The van der Waals surface area contributed by atoms with Gasteiger partial charge in [-0.25, -0.2) is 13.1 Å². The first-order valence-electron chi connectivity index (χ1n) is 13.3. The van der Waals surface area contributed by atoms with Crippen molar-refractivity contribution in [2.24, 2.45) is 23.2 Å². The van der Waals surface area contributed by atoms with Gasteiger partial charge in [-0.3, -0.25) is 0 Å². The van der Waals surface area contributed by atoms with Crippen LogP contribution >= 0.6 is 0 Å². The summed E-state index contributed by atoms with van der Waals surface area (Å²) in [6.45, 7) is 12.6. The Hall–Kier alpha value is -0.990. The molecule has 3 fully saturated rings. The number of hydrogen-bond acceptors (Lipinski definition) is 5. The fourth-order valence-corrected chi connectivity index (χ4v) is 7.93. The lowest BCUT2D eigenvalue weighted by Gasteiger charge is -2.44. The molecule has 0 bridgehead atoms. The molecular formula is C28H47NO5S. The van der Waals surface area contributed by atoms with Crippen LogP contribution in [0, 0.1) is 23.2 Å². The average Bonchev–Trinajstić information content (AvgIpc) is 3.08. The third kappa shape index (κ3) is 6.86. The molecule has 7 heteroatoms. The van der Waals surface area contributed by atoms with Crippen LogP contribution in [0.2, 0.25) is 0 Å². The predicted molar refractivity (Wildman–Crippen MR) is 141 cm³/mol. The molecule has 3 aliphatic rings. The Bertz CT molecular complexity index is 947. The molecular weight excluding hydrogens is 462 g/mol. The lowest BCUT2D eigenvalue weighted by molar-refractivity contribution is 0.0538. The van der Waals surface area contributed by atoms with Gasteiger partial charge >= 0.3 is 0 Å². The lowest BCUT2D eigenvalue weighted by Crippen LogP contribution is -2.53. The van der Waals surface area contributed by atoms with Crippen molar-refractivity contribution in [3.63, 3.8) is 0 Å². The van der Waals surface area contributed by atoms with Gasteiger partial charge in [0.2, 0.25) is 10.0 Å². The van der Waals surface area contributed by atoms with Crippen molar-refractivity contribution in [2.75, 3.05) is 6.26 Å². The molecule has 0 aromatic carbocycles. The van der Waals surface area contributed by atoms with Crippen LogP contribution in [-0.4, -0.2) is 53.8 Å². The molecule has 0 heterocycles. The Morgan fingerprint density at radius 1 is 1.26 bits per heavy atom. The molecule has 3 saturated carbocycles. The number of nitrogens with one attached hydrogen (secondary N) is 1. The second-order valence-corrected chi connectivity index (χ2v) is 14.1. The first-order valence-corrected chi connectivity index (χ1v) is 15.2. The minimum Gasteiger partial charge on any atom is -0.391 e. The minimum absolute atomic E-state index is 0.260. The molecule has 0 spiro atoms. The van der Waals surface area contributed by atoms with Gasteiger partial charge in [-0.15, -0.1) is 0 Å². The minimum atomic E-state index is -3.56. The molecule has 3 rings (SSSR count). The maximum Gasteiger partial charge on any atom is 0.209 e. The van der Waals surface area contributed by atoms with Crippen molar-refractivity contribution < 1.29 is 23.7 Å². The molecule has 0 amide bonds. The van der Waals surface area contributed by atoms with Crippen LogP contribution in [0.4, 0.5) is 0 Å². The Morgan fingerprint density at radius 3 is 2.57 bits per heavy atom. The number of aliphatic hydroxyl groups excluding tert-OH is 2. The first-order chi connectivity index (χ1) is 16.1. The van der Waals surface area contributed by atoms with E-state index in [0.29, 0.717) is 23.3 Å². The second-order valence-electron chi connectivity index (χ2n) is 12.4. The number of rotatable bonds is 8. The van der Waals surface area contributed by atoms with E-state index in [4.69, 9.17) is 0 Å². The van der Waals surface area contributed by atoms with Crippen molar-refractivity contribution in [3.8, 4) is 0 Å². The summed E-state index contributed by atoms with van der Waals surface area (Å²) < 4.78 is 25.6. The fraction of sp³-hybridized carbons (Fsp3) is 0.786. The SMILES string of the molecule is C=C1/C(=C\C=C2/CCC[C@]3(C)[C@@H]([C@H](C)CCCC(C)(C)O)CC[C@@H]23)C[C@@H](O)[C@H](NS(C)(=O)=O)[C@@H]1O. The third-order valence-corrected chi connectivity index (χ3v) is 9.68. The van der Waals surface area contributed by atoms with Gasteiger partial charge in [-0.1, -0.05) is 51.0 Å². The maximum atomic E-state index is 11.6. The van der Waals surface area contributed by atoms with Crippen molar-refractivity contribution in [3.05, 3.63) is 35.5 Å². The molecule has 3 aliphatic carbocycles. The van der Waals surface area contributed by atoms with E-state index in [0.717, 1.165) is 37.5 Å². The Kier molecular flexibility index (Phi) is 8.80. The van der Waals surface area contributed by atoms with Gasteiger partial charge in [-0.2, -0.15) is 0 Å². The molecule has 200 valence electrons. The van der Waals surface area contributed by atoms with Gasteiger partial charge in [0.1, 0.15) is 0 Å². The molecule has 0 aromatic heterocycles. The Morgan fingerprint density at radius 2 is 1.94 bits per heavy atom. The first kappa shape index (κ1) is 28.6. The highest BCUT2D eigenvalue weighted by Gasteiger charge is 2.50. The normalized spacial score (nSPS) is 37.6. The molecule has 0 aromatic rings. The Balaban J connectivity index is 1.72. The predicted octanol–water partition coefficient (Wildman–Crippen LogP) is 4.23. The van der Waals surface area contributed by atoms with Gasteiger partial charge in [0.25, 0.3) is 0 Å². The van der Waals surface area contributed by atoms with Crippen LogP contribution < -0.4 is 4.72 Å². The summed E-state index contributed by atoms with van der Waals surface area (Å²) in [5, 5.41) is 31.2. The molecule has 6 nitrogen and oxygen atoms in total. The van der Waals surface area contributed by atoms with E-state index in [1.807, 2.05) is 19.9 Å². The Labute approximate surface area is 212 Å². The highest BCUT2D eigenvalue weighted by Crippen LogP contribution is 2.60. The summed E-state index contributed by atoms with van der Waals surface area (Å²) in [6, 6.07) is -0.978. The van der Waals surface area contributed by atoms with Crippen LogP contribution in [0.25, 0.3) is 0 Å². The smallest absolute Gasteiger partial charge is 0.209 e. The fourth-order valence-electron chi connectivity index (χ4n) is 7.15. The molecule has 35 heavy (non-hydrogen) atoms.